The fourth-order valence-corrected chi connectivity index (χ4v) is 2.66. The molecule has 0 aromatic heterocycles. The van der Waals surface area contributed by atoms with Gasteiger partial charge in [-0.3, -0.25) is 4.79 Å². The minimum Gasteiger partial charge on any atom is -0.494 e. The van der Waals surface area contributed by atoms with Gasteiger partial charge in [-0.25, -0.2) is 0 Å². The van der Waals surface area contributed by atoms with Gasteiger partial charge in [-0.15, -0.1) is 11.6 Å². The Morgan fingerprint density at radius 2 is 1.91 bits per heavy atom. The number of anilines is 1. The Morgan fingerprint density at radius 1 is 1.13 bits per heavy atom. The molecule has 23 heavy (non-hydrogen) atoms. The van der Waals surface area contributed by atoms with Gasteiger partial charge < -0.3 is 10.1 Å². The molecule has 0 unspecified atom stereocenters. The number of rotatable bonds is 5. The van der Waals surface area contributed by atoms with E-state index in [9.17, 15) is 4.79 Å². The number of halogens is 2. The minimum absolute atomic E-state index is 0.121. The van der Waals surface area contributed by atoms with E-state index >= 15 is 0 Å². The van der Waals surface area contributed by atoms with E-state index < -0.39 is 0 Å². The molecule has 0 fully saturated rings. The number of carbonyl (C=O) groups excluding carboxylic acids is 1. The van der Waals surface area contributed by atoms with Crippen molar-refractivity contribution >= 4 is 46.4 Å². The highest BCUT2D eigenvalue weighted by molar-refractivity contribution is 6.36. The summed E-state index contributed by atoms with van der Waals surface area (Å²) < 4.78 is 5.56. The summed E-state index contributed by atoms with van der Waals surface area (Å²) in [6, 6.07) is 13.0. The van der Waals surface area contributed by atoms with Crippen molar-refractivity contribution in [1.82, 2.24) is 0 Å². The van der Waals surface area contributed by atoms with Crippen molar-refractivity contribution in [2.45, 2.75) is 6.42 Å². The van der Waals surface area contributed by atoms with Crippen molar-refractivity contribution in [3.05, 3.63) is 58.6 Å². The molecule has 2 aromatic carbocycles. The molecule has 0 atom stereocenters. The van der Waals surface area contributed by atoms with Crippen molar-refractivity contribution < 1.29 is 9.53 Å². The number of hydrogen-bond acceptors (Lipinski definition) is 2. The first-order chi connectivity index (χ1) is 11.2. The predicted octanol–water partition coefficient (Wildman–Crippen LogP) is 4.84. The number of alkyl halides is 1. The molecule has 1 aliphatic rings. The molecule has 118 valence electrons. The Morgan fingerprint density at radius 3 is 2.65 bits per heavy atom. The molecule has 0 spiro atoms. The third-order valence-corrected chi connectivity index (χ3v) is 4.00. The summed E-state index contributed by atoms with van der Waals surface area (Å²) in [5, 5.41) is 3.44. The summed E-state index contributed by atoms with van der Waals surface area (Å²) in [7, 11) is 0. The zero-order chi connectivity index (χ0) is 16.2. The van der Waals surface area contributed by atoms with Crippen molar-refractivity contribution in [1.29, 1.82) is 0 Å². The van der Waals surface area contributed by atoms with E-state index in [2.05, 4.69) is 5.32 Å². The maximum absolute atomic E-state index is 12.1. The summed E-state index contributed by atoms with van der Waals surface area (Å²) in [6.07, 6.45) is 2.66. The van der Waals surface area contributed by atoms with E-state index in [1.807, 2.05) is 36.4 Å². The zero-order valence-electron chi connectivity index (χ0n) is 12.3. The van der Waals surface area contributed by atoms with E-state index in [0.717, 1.165) is 29.0 Å². The molecule has 0 aliphatic carbocycles. The number of carbonyl (C=O) groups is 1. The van der Waals surface area contributed by atoms with Gasteiger partial charge in [-0.05, 0) is 48.4 Å². The quantitative estimate of drug-likeness (QED) is 0.477. The van der Waals surface area contributed by atoms with Gasteiger partial charge in [0.05, 0.1) is 6.61 Å². The SMILES string of the molecule is O=C1Nc2ccc(Cl)cc2/C1=C/c1ccc(OCCCCl)cc1. The van der Waals surface area contributed by atoms with Gasteiger partial charge in [-0.1, -0.05) is 23.7 Å². The van der Waals surface area contributed by atoms with Gasteiger partial charge >= 0.3 is 0 Å². The lowest BCUT2D eigenvalue weighted by atomic mass is 10.0. The van der Waals surface area contributed by atoms with Crippen LogP contribution in [0.4, 0.5) is 5.69 Å². The Balaban J connectivity index is 1.82. The van der Waals surface area contributed by atoms with Crippen molar-refractivity contribution in [2.75, 3.05) is 17.8 Å². The van der Waals surface area contributed by atoms with Crippen LogP contribution in [0.25, 0.3) is 11.6 Å². The number of nitrogens with one attached hydrogen (secondary N) is 1. The fourth-order valence-electron chi connectivity index (χ4n) is 2.38. The summed E-state index contributed by atoms with van der Waals surface area (Å²) in [4.78, 5) is 12.1. The standard InChI is InChI=1S/C18H15Cl2NO2/c19-8-1-9-23-14-5-2-12(3-6-14)10-16-15-11-13(20)4-7-17(15)21-18(16)22/h2-7,10-11H,1,8-9H2,(H,21,22)/b16-10-. The Hall–Kier alpha value is -1.97. The highest BCUT2D eigenvalue weighted by atomic mass is 35.5. The average molecular weight is 348 g/mol. The van der Waals surface area contributed by atoms with Crippen molar-refractivity contribution in [3.63, 3.8) is 0 Å². The monoisotopic (exact) mass is 347 g/mol. The molecule has 3 nitrogen and oxygen atoms in total. The van der Waals surface area contributed by atoms with Gasteiger partial charge in [0.2, 0.25) is 0 Å². The lowest BCUT2D eigenvalue weighted by Crippen LogP contribution is -2.03. The highest BCUT2D eigenvalue weighted by Crippen LogP contribution is 2.35. The van der Waals surface area contributed by atoms with Crippen LogP contribution < -0.4 is 10.1 Å². The lowest BCUT2D eigenvalue weighted by molar-refractivity contribution is -0.110. The Kier molecular flexibility index (Phi) is 4.89. The Labute approximate surface area is 144 Å². The third kappa shape index (κ3) is 3.69. The maximum atomic E-state index is 12.1. The van der Waals surface area contributed by atoms with Crippen LogP contribution in [0, 0.1) is 0 Å². The first kappa shape index (κ1) is 15.9. The Bertz CT molecular complexity index is 754. The van der Waals surface area contributed by atoms with Gasteiger partial charge in [0.1, 0.15) is 5.75 Å². The molecule has 0 saturated carbocycles. The molecule has 5 heteroatoms. The van der Waals surface area contributed by atoms with E-state index in [1.54, 1.807) is 12.1 Å². The molecular weight excluding hydrogens is 333 g/mol. The van der Waals surface area contributed by atoms with Gasteiger partial charge in [0.25, 0.3) is 5.91 Å². The van der Waals surface area contributed by atoms with Gasteiger partial charge in [0.15, 0.2) is 0 Å². The summed E-state index contributed by atoms with van der Waals surface area (Å²) >= 11 is 11.6. The van der Waals surface area contributed by atoms with Crippen LogP contribution in [-0.4, -0.2) is 18.4 Å². The van der Waals surface area contributed by atoms with Crippen LogP contribution >= 0.6 is 23.2 Å². The van der Waals surface area contributed by atoms with Crippen LogP contribution in [0.2, 0.25) is 5.02 Å². The molecule has 1 aliphatic heterocycles. The average Bonchev–Trinajstić information content (AvgIpc) is 2.85. The number of benzene rings is 2. The number of amides is 1. The van der Waals surface area contributed by atoms with Gasteiger partial charge in [0, 0.05) is 27.7 Å². The highest BCUT2D eigenvalue weighted by Gasteiger charge is 2.24. The predicted molar refractivity (Wildman–Crippen MR) is 95.2 cm³/mol. The topological polar surface area (TPSA) is 38.3 Å². The smallest absolute Gasteiger partial charge is 0.256 e. The van der Waals surface area contributed by atoms with Crippen LogP contribution in [0.3, 0.4) is 0 Å². The van der Waals surface area contributed by atoms with E-state index in [0.29, 0.717) is 23.1 Å². The minimum atomic E-state index is -0.121. The van der Waals surface area contributed by atoms with E-state index in [1.165, 1.54) is 0 Å². The normalized spacial score (nSPS) is 14.7. The van der Waals surface area contributed by atoms with Crippen molar-refractivity contribution in [2.24, 2.45) is 0 Å². The van der Waals surface area contributed by atoms with E-state index in [4.69, 9.17) is 27.9 Å². The lowest BCUT2D eigenvalue weighted by Gasteiger charge is -2.05. The second-order valence-electron chi connectivity index (χ2n) is 5.16. The largest absolute Gasteiger partial charge is 0.494 e. The molecule has 1 N–H and O–H groups in total. The third-order valence-electron chi connectivity index (χ3n) is 3.50. The molecule has 1 amide bonds. The maximum Gasteiger partial charge on any atom is 0.256 e. The van der Waals surface area contributed by atoms with Crippen LogP contribution in [0.5, 0.6) is 5.75 Å². The summed E-state index contributed by atoms with van der Waals surface area (Å²) in [6.45, 7) is 0.595. The van der Waals surface area contributed by atoms with Crippen LogP contribution in [-0.2, 0) is 4.79 Å². The van der Waals surface area contributed by atoms with Crippen LogP contribution in [0.1, 0.15) is 17.5 Å². The molecule has 3 rings (SSSR count). The summed E-state index contributed by atoms with van der Waals surface area (Å²) in [5.74, 6) is 1.25. The fraction of sp³-hybridized carbons (Fsp3) is 0.167. The number of ether oxygens (including phenoxy) is 1. The molecule has 0 bridgehead atoms. The zero-order valence-corrected chi connectivity index (χ0v) is 13.8. The molecule has 2 aromatic rings. The number of hydrogen-bond donors (Lipinski definition) is 1. The molecule has 0 radical (unpaired) electrons. The second-order valence-corrected chi connectivity index (χ2v) is 5.98. The molecule has 0 saturated heterocycles. The van der Waals surface area contributed by atoms with Gasteiger partial charge in [-0.2, -0.15) is 0 Å². The summed E-state index contributed by atoms with van der Waals surface area (Å²) in [5.41, 5.74) is 3.14. The molecule has 1 heterocycles. The van der Waals surface area contributed by atoms with E-state index in [-0.39, 0.29) is 5.91 Å². The second kappa shape index (κ2) is 7.07. The van der Waals surface area contributed by atoms with Crippen molar-refractivity contribution in [3.8, 4) is 5.75 Å². The first-order valence-corrected chi connectivity index (χ1v) is 8.20. The first-order valence-electron chi connectivity index (χ1n) is 7.29. The number of fused-ring (bicyclic) bond motifs is 1. The molecular formula is C18H15Cl2NO2. The van der Waals surface area contributed by atoms with Crippen LogP contribution in [0.15, 0.2) is 42.5 Å².